The number of aromatic amines is 1. The first-order chi connectivity index (χ1) is 12.5. The fourth-order valence-corrected chi connectivity index (χ4v) is 3.31. The average Bonchev–Trinajstić information content (AvgIpc) is 3.31. The molecular formula is C18H19FN4O2S. The molecule has 8 heteroatoms. The molecular weight excluding hydrogens is 355 g/mol. The van der Waals surface area contributed by atoms with Gasteiger partial charge in [0.05, 0.1) is 17.5 Å². The Labute approximate surface area is 153 Å². The maximum atomic E-state index is 13.7. The first-order valence-corrected chi connectivity index (χ1v) is 8.85. The summed E-state index contributed by atoms with van der Waals surface area (Å²) in [5.41, 5.74) is 7.97. The van der Waals surface area contributed by atoms with Gasteiger partial charge in [-0.2, -0.15) is 0 Å². The molecule has 0 saturated carbocycles. The number of H-pyrrole nitrogens is 1. The lowest BCUT2D eigenvalue weighted by Gasteiger charge is -2.13. The van der Waals surface area contributed by atoms with Crippen LogP contribution < -0.4 is 11.1 Å². The summed E-state index contributed by atoms with van der Waals surface area (Å²) in [4.78, 5) is 20.4. The van der Waals surface area contributed by atoms with Crippen LogP contribution in [-0.4, -0.2) is 27.5 Å². The molecule has 2 aromatic heterocycles. The summed E-state index contributed by atoms with van der Waals surface area (Å²) in [6, 6.07) is 7.83. The molecule has 1 atom stereocenters. The van der Waals surface area contributed by atoms with Crippen LogP contribution in [0.1, 0.15) is 32.0 Å². The van der Waals surface area contributed by atoms with Crippen molar-refractivity contribution in [1.82, 2.24) is 15.3 Å². The number of hydrogen-bond acceptors (Lipinski definition) is 5. The predicted octanol–water partition coefficient (Wildman–Crippen LogP) is 2.51. The fourth-order valence-electron chi connectivity index (χ4n) is 2.47. The number of aliphatic hydroxyl groups excluding tert-OH is 1. The number of carbonyl (C=O) groups is 1. The van der Waals surface area contributed by atoms with E-state index in [0.717, 1.165) is 0 Å². The van der Waals surface area contributed by atoms with Gasteiger partial charge in [0.2, 0.25) is 0 Å². The predicted molar refractivity (Wildman–Crippen MR) is 98.2 cm³/mol. The van der Waals surface area contributed by atoms with Gasteiger partial charge in [-0.3, -0.25) is 4.79 Å². The van der Waals surface area contributed by atoms with Gasteiger partial charge in [-0.25, -0.2) is 9.37 Å². The Hall–Kier alpha value is -2.55. The zero-order valence-corrected chi connectivity index (χ0v) is 14.9. The number of thiazole rings is 1. The van der Waals surface area contributed by atoms with Gasteiger partial charge >= 0.3 is 0 Å². The van der Waals surface area contributed by atoms with Crippen molar-refractivity contribution in [3.63, 3.8) is 0 Å². The maximum Gasteiger partial charge on any atom is 0.268 e. The smallest absolute Gasteiger partial charge is 0.268 e. The van der Waals surface area contributed by atoms with Crippen LogP contribution in [0.15, 0.2) is 36.5 Å². The number of nitrogens with one attached hydrogen (secondary N) is 2. The van der Waals surface area contributed by atoms with E-state index in [1.807, 2.05) is 0 Å². The van der Waals surface area contributed by atoms with Crippen molar-refractivity contribution >= 4 is 17.2 Å². The van der Waals surface area contributed by atoms with Crippen molar-refractivity contribution in [3.8, 4) is 11.3 Å². The standard InChI is InChI=1S/C18H19FN4O2S/c1-10-2-3-11(6-13(10)19)14-4-5-15(22-14)17(25)23-16(7-20)18-21-8-12(9-24)26-18/h2-6,8,16,22,24H,7,9,20H2,1H3,(H,23,25)/t16-/m1/s1. The molecule has 0 unspecified atom stereocenters. The molecule has 0 aliphatic rings. The number of nitrogens with zero attached hydrogens (tertiary/aromatic N) is 1. The molecule has 0 radical (unpaired) electrons. The minimum atomic E-state index is -0.448. The second-order valence-corrected chi connectivity index (χ2v) is 6.98. The number of benzene rings is 1. The highest BCUT2D eigenvalue weighted by molar-refractivity contribution is 7.11. The topological polar surface area (TPSA) is 104 Å². The third-order valence-corrected chi connectivity index (χ3v) is 5.08. The highest BCUT2D eigenvalue weighted by Gasteiger charge is 2.19. The molecule has 6 nitrogen and oxygen atoms in total. The Morgan fingerprint density at radius 2 is 2.23 bits per heavy atom. The molecule has 26 heavy (non-hydrogen) atoms. The molecule has 0 saturated heterocycles. The summed E-state index contributed by atoms with van der Waals surface area (Å²) in [7, 11) is 0. The summed E-state index contributed by atoms with van der Waals surface area (Å²) in [5.74, 6) is -0.630. The van der Waals surface area contributed by atoms with Crippen LogP contribution in [-0.2, 0) is 6.61 Å². The highest BCUT2D eigenvalue weighted by atomic mass is 32.1. The Morgan fingerprint density at radius 1 is 1.42 bits per heavy atom. The quantitative estimate of drug-likeness (QED) is 0.532. The summed E-state index contributed by atoms with van der Waals surface area (Å²) >= 11 is 1.30. The Kier molecular flexibility index (Phi) is 5.46. The zero-order chi connectivity index (χ0) is 18.7. The molecule has 0 spiro atoms. The minimum absolute atomic E-state index is 0.101. The van der Waals surface area contributed by atoms with E-state index in [0.29, 0.717) is 32.4 Å². The third kappa shape index (κ3) is 3.82. The van der Waals surface area contributed by atoms with E-state index in [1.165, 1.54) is 17.4 Å². The summed E-state index contributed by atoms with van der Waals surface area (Å²) in [6.07, 6.45) is 1.56. The van der Waals surface area contributed by atoms with Gasteiger partial charge in [0.1, 0.15) is 16.5 Å². The molecule has 1 aromatic carbocycles. The second kappa shape index (κ2) is 7.77. The van der Waals surface area contributed by atoms with Crippen LogP contribution in [0.2, 0.25) is 0 Å². The van der Waals surface area contributed by atoms with Crippen LogP contribution in [0.3, 0.4) is 0 Å². The Morgan fingerprint density at radius 3 is 2.88 bits per heavy atom. The molecule has 0 bridgehead atoms. The highest BCUT2D eigenvalue weighted by Crippen LogP contribution is 2.23. The van der Waals surface area contributed by atoms with Crippen LogP contribution in [0, 0.1) is 12.7 Å². The second-order valence-electron chi connectivity index (χ2n) is 5.83. The van der Waals surface area contributed by atoms with Gasteiger partial charge in [-0.15, -0.1) is 11.3 Å². The molecule has 0 aliphatic carbocycles. The molecule has 136 valence electrons. The van der Waals surface area contributed by atoms with Gasteiger partial charge in [-0.05, 0) is 30.7 Å². The van der Waals surface area contributed by atoms with Gasteiger partial charge in [-0.1, -0.05) is 12.1 Å². The van der Waals surface area contributed by atoms with Crippen molar-refractivity contribution in [3.05, 3.63) is 63.5 Å². The van der Waals surface area contributed by atoms with Crippen molar-refractivity contribution < 1.29 is 14.3 Å². The monoisotopic (exact) mass is 374 g/mol. The number of aryl methyl sites for hydroxylation is 1. The van der Waals surface area contributed by atoms with Gasteiger partial charge in [0, 0.05) is 24.0 Å². The van der Waals surface area contributed by atoms with Crippen LogP contribution in [0.4, 0.5) is 4.39 Å². The van der Waals surface area contributed by atoms with E-state index < -0.39 is 6.04 Å². The molecule has 0 aliphatic heterocycles. The fraction of sp³-hybridized carbons (Fsp3) is 0.222. The molecule has 1 amide bonds. The van der Waals surface area contributed by atoms with Crippen molar-refractivity contribution in [1.29, 1.82) is 0 Å². The lowest BCUT2D eigenvalue weighted by molar-refractivity contribution is 0.0933. The number of nitrogens with two attached hydrogens (primary N) is 1. The van der Waals surface area contributed by atoms with Crippen LogP contribution in [0.5, 0.6) is 0 Å². The van der Waals surface area contributed by atoms with E-state index >= 15 is 0 Å². The molecule has 0 fully saturated rings. The van der Waals surface area contributed by atoms with Crippen LogP contribution >= 0.6 is 11.3 Å². The van der Waals surface area contributed by atoms with Gasteiger partial charge in [0.25, 0.3) is 5.91 Å². The number of aliphatic hydroxyl groups is 1. The number of aromatic nitrogens is 2. The van der Waals surface area contributed by atoms with Crippen LogP contribution in [0.25, 0.3) is 11.3 Å². The summed E-state index contributed by atoms with van der Waals surface area (Å²) in [5, 5.41) is 12.6. The van der Waals surface area contributed by atoms with E-state index in [-0.39, 0.29) is 24.9 Å². The maximum absolute atomic E-state index is 13.7. The largest absolute Gasteiger partial charge is 0.391 e. The van der Waals surface area contributed by atoms with E-state index in [4.69, 9.17) is 10.8 Å². The first-order valence-electron chi connectivity index (χ1n) is 8.03. The average molecular weight is 374 g/mol. The van der Waals surface area contributed by atoms with E-state index in [2.05, 4.69) is 15.3 Å². The molecule has 3 aromatic rings. The number of amides is 1. The first kappa shape index (κ1) is 18.2. The lowest BCUT2D eigenvalue weighted by atomic mass is 10.1. The summed E-state index contributed by atoms with van der Waals surface area (Å²) in [6.45, 7) is 1.78. The number of halogens is 1. The van der Waals surface area contributed by atoms with E-state index in [1.54, 1.807) is 37.4 Å². The van der Waals surface area contributed by atoms with Crippen molar-refractivity contribution in [2.45, 2.75) is 19.6 Å². The van der Waals surface area contributed by atoms with E-state index in [9.17, 15) is 9.18 Å². The number of carbonyl (C=O) groups excluding carboxylic acids is 1. The summed E-state index contributed by atoms with van der Waals surface area (Å²) < 4.78 is 13.7. The number of hydrogen-bond donors (Lipinski definition) is 4. The van der Waals surface area contributed by atoms with Gasteiger partial charge in [0.15, 0.2) is 0 Å². The molecule has 2 heterocycles. The Balaban J connectivity index is 1.75. The number of rotatable bonds is 6. The minimum Gasteiger partial charge on any atom is -0.391 e. The van der Waals surface area contributed by atoms with Crippen molar-refractivity contribution in [2.75, 3.05) is 6.54 Å². The van der Waals surface area contributed by atoms with Crippen molar-refractivity contribution in [2.24, 2.45) is 5.73 Å². The lowest BCUT2D eigenvalue weighted by Crippen LogP contribution is -2.33. The Bertz CT molecular complexity index is 922. The molecule has 5 N–H and O–H groups in total. The third-order valence-electron chi connectivity index (χ3n) is 3.98. The zero-order valence-electron chi connectivity index (χ0n) is 14.1. The normalized spacial score (nSPS) is 12.2. The SMILES string of the molecule is Cc1ccc(-c2ccc(C(=O)N[C@H](CN)c3ncc(CO)s3)[nH]2)cc1F. The molecule has 3 rings (SSSR count). The van der Waals surface area contributed by atoms with Gasteiger partial charge < -0.3 is 21.1 Å².